The van der Waals surface area contributed by atoms with E-state index in [2.05, 4.69) is 10.4 Å². The number of esters is 1. The maximum Gasteiger partial charge on any atom is 0.338 e. The first-order chi connectivity index (χ1) is 15.5. The zero-order valence-corrected chi connectivity index (χ0v) is 18.7. The van der Waals surface area contributed by atoms with Crippen molar-refractivity contribution < 1.29 is 23.8 Å². The molecule has 1 unspecified atom stereocenters. The first kappa shape index (κ1) is 23.1. The molecule has 1 N–H and O–H groups in total. The van der Waals surface area contributed by atoms with Crippen LogP contribution in [0.1, 0.15) is 42.1 Å². The van der Waals surface area contributed by atoms with E-state index in [1.807, 2.05) is 23.2 Å². The molecule has 1 atom stereocenters. The van der Waals surface area contributed by atoms with Crippen LogP contribution in [0.3, 0.4) is 0 Å². The third-order valence-corrected chi connectivity index (χ3v) is 5.20. The molecule has 1 fully saturated rings. The van der Waals surface area contributed by atoms with Crippen LogP contribution in [-0.2, 0) is 9.53 Å². The van der Waals surface area contributed by atoms with Gasteiger partial charge in [0.15, 0.2) is 11.5 Å². The van der Waals surface area contributed by atoms with Gasteiger partial charge in [-0.05, 0) is 74.2 Å². The van der Waals surface area contributed by atoms with Crippen LogP contribution in [-0.4, -0.2) is 56.5 Å². The first-order valence-corrected chi connectivity index (χ1v) is 10.7. The highest BCUT2D eigenvalue weighted by atomic mass is 16.5. The predicted octanol–water partition coefficient (Wildman–Crippen LogP) is 3.71. The third kappa shape index (κ3) is 5.78. The molecular formula is C24H29N3O5. The zero-order valence-electron chi connectivity index (χ0n) is 18.7. The minimum Gasteiger partial charge on any atom is -0.493 e. The van der Waals surface area contributed by atoms with Crippen molar-refractivity contribution in [1.82, 2.24) is 5.01 Å². The van der Waals surface area contributed by atoms with Crippen LogP contribution >= 0.6 is 0 Å². The average molecular weight is 440 g/mol. The molecule has 1 heterocycles. The smallest absolute Gasteiger partial charge is 0.338 e. The number of carbonyl (C=O) groups excluding carboxylic acids is 2. The van der Waals surface area contributed by atoms with E-state index < -0.39 is 0 Å². The molecule has 0 radical (unpaired) electrons. The molecule has 1 amide bonds. The molecule has 0 bridgehead atoms. The quantitative estimate of drug-likeness (QED) is 0.498. The molecule has 2 aromatic carbocycles. The van der Waals surface area contributed by atoms with Crippen LogP contribution in [0.25, 0.3) is 0 Å². The maximum absolute atomic E-state index is 12.9. The molecule has 170 valence electrons. The normalized spacial score (nSPS) is 16.0. The Morgan fingerprint density at radius 2 is 1.84 bits per heavy atom. The Kier molecular flexibility index (Phi) is 8.08. The topological polar surface area (TPSA) is 89.5 Å². The molecule has 0 aromatic heterocycles. The predicted molar refractivity (Wildman–Crippen MR) is 123 cm³/mol. The van der Waals surface area contributed by atoms with E-state index >= 15 is 0 Å². The number of hydrazone groups is 1. The molecule has 8 nitrogen and oxygen atoms in total. The molecule has 0 spiro atoms. The molecule has 8 heteroatoms. The number of nitrogens with one attached hydrogen (secondary N) is 1. The SMILES string of the molecule is CCOC(=O)c1ccc(NC(=O)C2CCCCN2/N=C/c2ccc(OC)c(OC)c2)cc1. The number of carbonyl (C=O) groups is 2. The van der Waals surface area contributed by atoms with Crippen molar-refractivity contribution in [3.8, 4) is 11.5 Å². The van der Waals surface area contributed by atoms with Gasteiger partial charge in [-0.2, -0.15) is 5.10 Å². The first-order valence-electron chi connectivity index (χ1n) is 10.7. The number of hydrogen-bond donors (Lipinski definition) is 1. The Morgan fingerprint density at radius 1 is 1.09 bits per heavy atom. The van der Waals surface area contributed by atoms with Gasteiger partial charge < -0.3 is 19.5 Å². The molecule has 1 aliphatic rings. The lowest BCUT2D eigenvalue weighted by atomic mass is 10.0. The minimum absolute atomic E-state index is 0.127. The lowest BCUT2D eigenvalue weighted by molar-refractivity contribution is -0.122. The monoisotopic (exact) mass is 439 g/mol. The molecule has 0 aliphatic carbocycles. The van der Waals surface area contributed by atoms with Gasteiger partial charge in [0.1, 0.15) is 6.04 Å². The Balaban J connectivity index is 1.67. The van der Waals surface area contributed by atoms with Crippen LogP contribution in [0.15, 0.2) is 47.6 Å². The molecule has 2 aromatic rings. The standard InChI is InChI=1S/C24H29N3O5/c1-4-32-24(29)18-9-11-19(12-10-18)26-23(28)20-7-5-6-14-27(20)25-16-17-8-13-21(30-2)22(15-17)31-3/h8-13,15-16,20H,4-7,14H2,1-3H3,(H,26,28)/b25-16+. The molecule has 0 saturated carbocycles. The van der Waals surface area contributed by atoms with Gasteiger partial charge in [-0.25, -0.2) is 4.79 Å². The second kappa shape index (κ2) is 11.2. The van der Waals surface area contributed by atoms with E-state index in [4.69, 9.17) is 14.2 Å². The number of rotatable bonds is 8. The molecule has 1 saturated heterocycles. The Morgan fingerprint density at radius 3 is 2.53 bits per heavy atom. The van der Waals surface area contributed by atoms with Crippen LogP contribution < -0.4 is 14.8 Å². The van der Waals surface area contributed by atoms with Gasteiger partial charge >= 0.3 is 5.97 Å². The summed E-state index contributed by atoms with van der Waals surface area (Å²) in [7, 11) is 3.18. The van der Waals surface area contributed by atoms with Gasteiger partial charge in [-0.1, -0.05) is 0 Å². The van der Waals surface area contributed by atoms with Crippen molar-refractivity contribution in [3.63, 3.8) is 0 Å². The van der Waals surface area contributed by atoms with E-state index in [0.717, 1.165) is 24.8 Å². The number of anilines is 1. The number of amides is 1. The summed E-state index contributed by atoms with van der Waals surface area (Å²) in [6.45, 7) is 2.78. The summed E-state index contributed by atoms with van der Waals surface area (Å²) in [5.41, 5.74) is 1.92. The summed E-state index contributed by atoms with van der Waals surface area (Å²) in [6.07, 6.45) is 4.38. The van der Waals surface area contributed by atoms with E-state index in [0.29, 0.717) is 35.9 Å². The highest BCUT2D eigenvalue weighted by Crippen LogP contribution is 2.27. The highest BCUT2D eigenvalue weighted by Gasteiger charge is 2.28. The number of hydrogen-bond acceptors (Lipinski definition) is 7. The third-order valence-electron chi connectivity index (χ3n) is 5.20. The van der Waals surface area contributed by atoms with Crippen molar-refractivity contribution in [2.45, 2.75) is 32.2 Å². The Bertz CT molecular complexity index is 959. The summed E-state index contributed by atoms with van der Waals surface area (Å²) in [6, 6.07) is 11.9. The summed E-state index contributed by atoms with van der Waals surface area (Å²) < 4.78 is 15.6. The summed E-state index contributed by atoms with van der Waals surface area (Å²) in [5.74, 6) is 0.760. The van der Waals surface area contributed by atoms with Gasteiger partial charge in [-0.15, -0.1) is 0 Å². The molecule has 3 rings (SSSR count). The lowest BCUT2D eigenvalue weighted by Crippen LogP contribution is -2.44. The molecule has 32 heavy (non-hydrogen) atoms. The highest BCUT2D eigenvalue weighted by molar-refractivity contribution is 5.96. The van der Waals surface area contributed by atoms with Crippen molar-refractivity contribution in [2.75, 3.05) is 32.7 Å². The fourth-order valence-corrected chi connectivity index (χ4v) is 3.52. The largest absolute Gasteiger partial charge is 0.493 e. The van der Waals surface area contributed by atoms with Gasteiger partial charge in [0.05, 0.1) is 32.6 Å². The van der Waals surface area contributed by atoms with Crippen LogP contribution in [0.5, 0.6) is 11.5 Å². The Labute approximate surface area is 188 Å². The number of ether oxygens (including phenoxy) is 3. The van der Waals surface area contributed by atoms with Gasteiger partial charge in [0, 0.05) is 12.2 Å². The van der Waals surface area contributed by atoms with E-state index in [1.54, 1.807) is 51.6 Å². The van der Waals surface area contributed by atoms with E-state index in [-0.39, 0.29) is 17.9 Å². The number of nitrogens with zero attached hydrogens (tertiary/aromatic N) is 2. The maximum atomic E-state index is 12.9. The van der Waals surface area contributed by atoms with Gasteiger partial charge in [-0.3, -0.25) is 9.80 Å². The summed E-state index contributed by atoms with van der Waals surface area (Å²) in [4.78, 5) is 24.7. The summed E-state index contributed by atoms with van der Waals surface area (Å²) >= 11 is 0. The number of benzene rings is 2. The fraction of sp³-hybridized carbons (Fsp3) is 0.375. The van der Waals surface area contributed by atoms with Crippen molar-refractivity contribution in [1.29, 1.82) is 0 Å². The zero-order chi connectivity index (χ0) is 22.9. The van der Waals surface area contributed by atoms with Gasteiger partial charge in [0.25, 0.3) is 0 Å². The molecular weight excluding hydrogens is 410 g/mol. The Hall–Kier alpha value is -3.55. The van der Waals surface area contributed by atoms with E-state index in [9.17, 15) is 9.59 Å². The minimum atomic E-state index is -0.381. The number of piperidine rings is 1. The average Bonchev–Trinajstić information content (AvgIpc) is 2.83. The van der Waals surface area contributed by atoms with Crippen LogP contribution in [0.2, 0.25) is 0 Å². The van der Waals surface area contributed by atoms with Crippen molar-refractivity contribution >= 4 is 23.8 Å². The van der Waals surface area contributed by atoms with Gasteiger partial charge in [0.2, 0.25) is 5.91 Å². The fourth-order valence-electron chi connectivity index (χ4n) is 3.52. The van der Waals surface area contributed by atoms with Crippen LogP contribution in [0, 0.1) is 0 Å². The second-order valence-corrected chi connectivity index (χ2v) is 7.32. The van der Waals surface area contributed by atoms with Crippen molar-refractivity contribution in [3.05, 3.63) is 53.6 Å². The summed E-state index contributed by atoms with van der Waals surface area (Å²) in [5, 5.41) is 9.33. The lowest BCUT2D eigenvalue weighted by Gasteiger charge is -2.32. The van der Waals surface area contributed by atoms with Crippen molar-refractivity contribution in [2.24, 2.45) is 5.10 Å². The second-order valence-electron chi connectivity index (χ2n) is 7.32. The van der Waals surface area contributed by atoms with E-state index in [1.165, 1.54) is 0 Å². The molecule has 1 aliphatic heterocycles. The number of methoxy groups -OCH3 is 2. The van der Waals surface area contributed by atoms with Crippen LogP contribution in [0.4, 0.5) is 5.69 Å².